The number of hydrogen-bond acceptors (Lipinski definition) is 8. The lowest BCUT2D eigenvalue weighted by Crippen LogP contribution is -2.50. The third-order valence-electron chi connectivity index (χ3n) is 8.71. The Bertz CT molecular complexity index is 1650. The molecule has 3 heterocycles. The van der Waals surface area contributed by atoms with Crippen molar-refractivity contribution in [2.75, 3.05) is 41.3 Å². The summed E-state index contributed by atoms with van der Waals surface area (Å²) in [6.45, 7) is 9.91. The van der Waals surface area contributed by atoms with E-state index in [0.717, 1.165) is 59.2 Å². The van der Waals surface area contributed by atoms with Gasteiger partial charge in [-0.2, -0.15) is 0 Å². The predicted molar refractivity (Wildman–Crippen MR) is 182 cm³/mol. The van der Waals surface area contributed by atoms with Crippen LogP contribution in [0.25, 0.3) is 22.0 Å². The van der Waals surface area contributed by atoms with Gasteiger partial charge in [-0.05, 0) is 82.3 Å². The van der Waals surface area contributed by atoms with Gasteiger partial charge < -0.3 is 24.8 Å². The maximum absolute atomic E-state index is 12.8. The average Bonchev–Trinajstić information content (AvgIpc) is 3.05. The predicted octanol–water partition coefficient (Wildman–Crippen LogP) is 6.53. The summed E-state index contributed by atoms with van der Waals surface area (Å²) in [5.74, 6) is 1.61. The lowest BCUT2D eigenvalue weighted by Gasteiger charge is -2.36. The number of hydrogen-bond donors (Lipinski definition) is 1. The molecule has 2 aromatic carbocycles. The van der Waals surface area contributed by atoms with Crippen LogP contribution in [0.5, 0.6) is 0 Å². The number of nitrogens with zero attached hydrogens (tertiary/aromatic N) is 6. The van der Waals surface area contributed by atoms with Gasteiger partial charge in [0.05, 0.1) is 5.52 Å². The van der Waals surface area contributed by atoms with E-state index < -0.39 is 5.60 Å². The highest BCUT2D eigenvalue weighted by Crippen LogP contribution is 2.31. The third-order valence-corrected chi connectivity index (χ3v) is 8.71. The van der Waals surface area contributed by atoms with Crippen molar-refractivity contribution in [3.8, 4) is 11.1 Å². The van der Waals surface area contributed by atoms with Crippen molar-refractivity contribution in [3.63, 3.8) is 0 Å². The Kier molecular flexibility index (Phi) is 9.05. The number of benzene rings is 2. The molecule has 2 amide bonds. The molecule has 6 rings (SSSR count). The molecular formula is C36H43N7O3. The van der Waals surface area contributed by atoms with E-state index in [1.807, 2.05) is 80.5 Å². The summed E-state index contributed by atoms with van der Waals surface area (Å²) in [6, 6.07) is 20.7. The summed E-state index contributed by atoms with van der Waals surface area (Å²) in [5.41, 5.74) is 3.41. The first-order valence-electron chi connectivity index (χ1n) is 16.2. The van der Waals surface area contributed by atoms with Crippen molar-refractivity contribution < 1.29 is 14.3 Å². The van der Waals surface area contributed by atoms with Crippen LogP contribution in [-0.4, -0.2) is 75.7 Å². The van der Waals surface area contributed by atoms with Gasteiger partial charge in [0.15, 0.2) is 0 Å². The molecule has 10 nitrogen and oxygen atoms in total. The van der Waals surface area contributed by atoms with Gasteiger partial charge in [0.2, 0.25) is 11.9 Å². The number of fused-ring (bicyclic) bond motifs is 1. The minimum Gasteiger partial charge on any atom is -0.444 e. The molecule has 1 N–H and O–H groups in total. The van der Waals surface area contributed by atoms with Crippen molar-refractivity contribution in [1.29, 1.82) is 0 Å². The fourth-order valence-electron chi connectivity index (χ4n) is 6.36. The van der Waals surface area contributed by atoms with E-state index in [-0.39, 0.29) is 24.1 Å². The van der Waals surface area contributed by atoms with Gasteiger partial charge in [0.25, 0.3) is 0 Å². The molecule has 1 saturated heterocycles. The zero-order valence-electron chi connectivity index (χ0n) is 27.1. The van der Waals surface area contributed by atoms with Crippen LogP contribution in [0, 0.1) is 0 Å². The Labute approximate surface area is 270 Å². The van der Waals surface area contributed by atoms with E-state index in [9.17, 15) is 9.59 Å². The summed E-state index contributed by atoms with van der Waals surface area (Å²) in [7, 11) is 0. The lowest BCUT2D eigenvalue weighted by atomic mass is 9.89. The van der Waals surface area contributed by atoms with Crippen LogP contribution in [0.2, 0.25) is 0 Å². The molecule has 2 aromatic heterocycles. The van der Waals surface area contributed by atoms with Crippen molar-refractivity contribution in [3.05, 3.63) is 73.1 Å². The second kappa shape index (κ2) is 13.3. The van der Waals surface area contributed by atoms with Gasteiger partial charge in [-0.25, -0.2) is 19.7 Å². The molecule has 2 fully saturated rings. The van der Waals surface area contributed by atoms with Gasteiger partial charge in [-0.15, -0.1) is 0 Å². The summed E-state index contributed by atoms with van der Waals surface area (Å²) >= 11 is 0. The first-order valence-corrected chi connectivity index (χ1v) is 16.2. The van der Waals surface area contributed by atoms with Gasteiger partial charge in [-0.3, -0.25) is 4.79 Å². The van der Waals surface area contributed by atoms with Gasteiger partial charge in [-0.1, -0.05) is 30.3 Å². The average molecular weight is 622 g/mol. The van der Waals surface area contributed by atoms with E-state index in [4.69, 9.17) is 9.72 Å². The highest BCUT2D eigenvalue weighted by Gasteiger charge is 2.29. The van der Waals surface area contributed by atoms with Crippen LogP contribution < -0.4 is 15.1 Å². The van der Waals surface area contributed by atoms with Gasteiger partial charge in [0, 0.05) is 74.2 Å². The molecule has 1 saturated carbocycles. The maximum atomic E-state index is 12.8. The molecule has 10 heteroatoms. The van der Waals surface area contributed by atoms with Crippen LogP contribution >= 0.6 is 0 Å². The normalized spacial score (nSPS) is 18.7. The Morgan fingerprint density at radius 2 is 1.54 bits per heavy atom. The number of pyridine rings is 1. The van der Waals surface area contributed by atoms with Crippen LogP contribution in [-0.2, 0) is 9.53 Å². The standard InChI is InChI=1S/C36H43N7O3/c1-25(44)43(31-16-12-29(13-17-31)39-34-38-24-28-7-5-6-8-32(28)40-34)30-14-9-26(10-15-30)27-11-18-33(37-23-27)41-19-21-42(22-20-41)35(45)46-36(2,3)4/h5-11,14-15,18,23-24,29,31H,12-13,16-17,19-22H2,1-4H3,(H,38,39,40). The fourth-order valence-corrected chi connectivity index (χ4v) is 6.36. The Morgan fingerprint density at radius 3 is 2.20 bits per heavy atom. The highest BCUT2D eigenvalue weighted by atomic mass is 16.6. The van der Waals surface area contributed by atoms with E-state index in [0.29, 0.717) is 32.1 Å². The van der Waals surface area contributed by atoms with E-state index in [2.05, 4.69) is 38.4 Å². The SMILES string of the molecule is CC(=O)N(c1ccc(-c2ccc(N3CCN(C(=O)OC(C)(C)C)CC3)nc2)cc1)C1CCC(Nc2ncc3ccccc3n2)CC1. The van der Waals surface area contributed by atoms with Crippen molar-refractivity contribution in [1.82, 2.24) is 19.9 Å². The van der Waals surface area contributed by atoms with Gasteiger partial charge >= 0.3 is 6.09 Å². The molecule has 0 atom stereocenters. The number of amides is 2. The quantitative estimate of drug-likeness (QED) is 0.259. The number of piperazine rings is 1. The number of nitrogens with one attached hydrogen (secondary N) is 1. The smallest absolute Gasteiger partial charge is 0.410 e. The summed E-state index contributed by atoms with van der Waals surface area (Å²) in [5, 5.41) is 4.54. The minimum absolute atomic E-state index is 0.0554. The summed E-state index contributed by atoms with van der Waals surface area (Å²) in [6.07, 6.45) is 7.18. The third kappa shape index (κ3) is 7.38. The number of rotatable bonds is 6. The molecule has 4 aromatic rings. The molecule has 0 unspecified atom stereocenters. The number of aromatic nitrogens is 3. The van der Waals surface area contributed by atoms with Crippen LogP contribution in [0.15, 0.2) is 73.1 Å². The fraction of sp³-hybridized carbons (Fsp3) is 0.417. The second-order valence-electron chi connectivity index (χ2n) is 13.2. The number of ether oxygens (including phenoxy) is 1. The summed E-state index contributed by atoms with van der Waals surface area (Å²) < 4.78 is 5.51. The van der Waals surface area contributed by atoms with Crippen molar-refractivity contribution in [2.24, 2.45) is 0 Å². The van der Waals surface area contributed by atoms with Crippen LogP contribution in [0.3, 0.4) is 0 Å². The Hall–Kier alpha value is -4.73. The first-order chi connectivity index (χ1) is 22.1. The molecule has 1 aliphatic heterocycles. The van der Waals surface area contributed by atoms with E-state index >= 15 is 0 Å². The number of carbonyl (C=O) groups is 2. The van der Waals surface area contributed by atoms with E-state index in [1.165, 1.54) is 0 Å². The maximum Gasteiger partial charge on any atom is 0.410 e. The first kappa shape index (κ1) is 31.3. The topological polar surface area (TPSA) is 104 Å². The zero-order chi connectivity index (χ0) is 32.3. The number of para-hydroxylation sites is 1. The largest absolute Gasteiger partial charge is 0.444 e. The molecule has 1 aliphatic carbocycles. The number of anilines is 3. The molecule has 0 radical (unpaired) electrons. The molecule has 2 aliphatic rings. The van der Waals surface area contributed by atoms with Crippen LogP contribution in [0.4, 0.5) is 22.2 Å². The van der Waals surface area contributed by atoms with Gasteiger partial charge in [0.1, 0.15) is 11.4 Å². The van der Waals surface area contributed by atoms with Crippen molar-refractivity contribution in [2.45, 2.75) is 71.1 Å². The summed E-state index contributed by atoms with van der Waals surface area (Å²) in [4.78, 5) is 45.0. The Balaban J connectivity index is 1.03. The monoisotopic (exact) mass is 621 g/mol. The molecule has 240 valence electrons. The van der Waals surface area contributed by atoms with E-state index in [1.54, 1.807) is 11.8 Å². The number of carbonyl (C=O) groups excluding carboxylic acids is 2. The molecule has 0 spiro atoms. The Morgan fingerprint density at radius 1 is 0.848 bits per heavy atom. The molecular weight excluding hydrogens is 578 g/mol. The minimum atomic E-state index is -0.499. The van der Waals surface area contributed by atoms with Crippen LogP contribution in [0.1, 0.15) is 53.4 Å². The zero-order valence-corrected chi connectivity index (χ0v) is 27.1. The molecule has 0 bridgehead atoms. The van der Waals surface area contributed by atoms with Crippen molar-refractivity contribution >= 4 is 40.4 Å². The highest BCUT2D eigenvalue weighted by molar-refractivity contribution is 5.92. The lowest BCUT2D eigenvalue weighted by molar-refractivity contribution is -0.117. The molecule has 46 heavy (non-hydrogen) atoms. The second-order valence-corrected chi connectivity index (χ2v) is 13.2.